The Balaban J connectivity index is 1.19. The second-order valence-corrected chi connectivity index (χ2v) is 11.6. The van der Waals surface area contributed by atoms with Crippen molar-refractivity contribution in [1.29, 1.82) is 0 Å². The molecule has 0 spiro atoms. The molecule has 3 nitrogen and oxygen atoms in total. The number of rotatable bonds is 2. The topological polar surface area (TPSA) is 21.1 Å². The highest BCUT2D eigenvalue weighted by Crippen LogP contribution is 2.50. The molecule has 0 atom stereocenters. The summed E-state index contributed by atoms with van der Waals surface area (Å²) in [6, 6.07) is 54.8. The first-order valence-electron chi connectivity index (χ1n) is 15.1. The van der Waals surface area contributed by atoms with Gasteiger partial charge in [-0.15, -0.1) is 0 Å². The van der Waals surface area contributed by atoms with E-state index in [1.165, 1.54) is 55.3 Å². The molecule has 0 unspecified atom stereocenters. The fraction of sp³-hybridized carbons (Fsp3) is 0. The molecule has 2 heterocycles. The Labute approximate surface area is 254 Å². The van der Waals surface area contributed by atoms with Gasteiger partial charge in [-0.2, -0.15) is 0 Å². The summed E-state index contributed by atoms with van der Waals surface area (Å²) in [5.41, 5.74) is 15.4. The molecule has 1 aromatic heterocycles. The van der Waals surface area contributed by atoms with Gasteiger partial charge in [0.05, 0.1) is 22.4 Å². The molecule has 1 aliphatic heterocycles. The summed E-state index contributed by atoms with van der Waals surface area (Å²) in [4.78, 5) is 7.57. The largest absolute Gasteiger partial charge is 0.280 e. The number of benzene rings is 7. The minimum atomic E-state index is 0.886. The van der Waals surface area contributed by atoms with Crippen molar-refractivity contribution in [2.24, 2.45) is 0 Å². The van der Waals surface area contributed by atoms with Crippen molar-refractivity contribution in [3.8, 4) is 50.2 Å². The maximum atomic E-state index is 5.25. The first kappa shape index (κ1) is 23.6. The van der Waals surface area contributed by atoms with Crippen LogP contribution in [-0.2, 0) is 0 Å². The van der Waals surface area contributed by atoms with Crippen LogP contribution in [0.3, 0.4) is 0 Å². The lowest BCUT2D eigenvalue weighted by molar-refractivity contribution is 1.05. The predicted molar refractivity (Wildman–Crippen MR) is 182 cm³/mol. The molecule has 0 saturated carbocycles. The van der Waals surface area contributed by atoms with E-state index >= 15 is 0 Å². The zero-order chi connectivity index (χ0) is 28.8. The lowest BCUT2D eigenvalue weighted by atomic mass is 9.97. The SMILES string of the molecule is c1cc(-c2ccc3c(c2)-c2cccc4cccc-3c24)cc(N2c3ccccc3-c3ccccc3-n3c2nc2ccccc23)c1. The summed E-state index contributed by atoms with van der Waals surface area (Å²) in [6.45, 7) is 0. The van der Waals surface area contributed by atoms with Crippen molar-refractivity contribution in [2.75, 3.05) is 4.90 Å². The molecule has 1 aliphatic carbocycles. The highest BCUT2D eigenvalue weighted by molar-refractivity contribution is 6.15. The number of para-hydroxylation sites is 4. The molecule has 2 aliphatic rings. The van der Waals surface area contributed by atoms with Gasteiger partial charge in [-0.25, -0.2) is 4.98 Å². The molecule has 0 amide bonds. The van der Waals surface area contributed by atoms with Crippen LogP contribution in [0.1, 0.15) is 0 Å². The molecule has 44 heavy (non-hydrogen) atoms. The lowest BCUT2D eigenvalue weighted by Crippen LogP contribution is -2.14. The molecule has 7 aromatic carbocycles. The number of hydrogen-bond acceptors (Lipinski definition) is 2. The second kappa shape index (κ2) is 8.79. The van der Waals surface area contributed by atoms with Crippen molar-refractivity contribution in [3.63, 3.8) is 0 Å². The zero-order valence-corrected chi connectivity index (χ0v) is 23.8. The van der Waals surface area contributed by atoms with Gasteiger partial charge in [0.25, 0.3) is 0 Å². The van der Waals surface area contributed by atoms with E-state index in [-0.39, 0.29) is 0 Å². The molecule has 0 radical (unpaired) electrons. The molecule has 0 saturated heterocycles. The van der Waals surface area contributed by atoms with Crippen LogP contribution in [0.15, 0.2) is 152 Å². The molecular formula is C41H25N3. The predicted octanol–water partition coefficient (Wildman–Crippen LogP) is 10.9. The number of aromatic nitrogens is 2. The molecule has 8 aromatic rings. The van der Waals surface area contributed by atoms with Crippen LogP contribution in [-0.4, -0.2) is 9.55 Å². The second-order valence-electron chi connectivity index (χ2n) is 11.6. The van der Waals surface area contributed by atoms with Crippen LogP contribution >= 0.6 is 0 Å². The quantitative estimate of drug-likeness (QED) is 0.210. The van der Waals surface area contributed by atoms with Crippen LogP contribution in [0.25, 0.3) is 72.0 Å². The normalized spacial score (nSPS) is 12.5. The number of fused-ring (bicyclic) bond motifs is 10. The minimum Gasteiger partial charge on any atom is -0.280 e. The van der Waals surface area contributed by atoms with E-state index in [1.807, 2.05) is 0 Å². The number of imidazole rings is 1. The first-order valence-corrected chi connectivity index (χ1v) is 15.1. The fourth-order valence-corrected chi connectivity index (χ4v) is 7.35. The Morgan fingerprint density at radius 1 is 0.432 bits per heavy atom. The van der Waals surface area contributed by atoms with Crippen molar-refractivity contribution in [2.45, 2.75) is 0 Å². The Kier molecular flexibility index (Phi) is 4.72. The van der Waals surface area contributed by atoms with E-state index < -0.39 is 0 Å². The highest BCUT2D eigenvalue weighted by Gasteiger charge is 2.29. The van der Waals surface area contributed by atoms with Gasteiger partial charge in [-0.3, -0.25) is 9.47 Å². The standard InChI is InChI=1S/C41H25N3/c1-4-19-37-31(14-1)32-15-2-5-20-38(32)44-39-21-6-3-18-36(39)42-41(44)43(37)29-13-7-12-27(24-29)28-22-23-30-33-16-8-10-26-11-9-17-34(40(26)33)35(30)25-28/h1-25H. The van der Waals surface area contributed by atoms with E-state index in [9.17, 15) is 0 Å². The summed E-state index contributed by atoms with van der Waals surface area (Å²) in [6.07, 6.45) is 0. The lowest BCUT2D eigenvalue weighted by Gasteiger charge is -2.25. The van der Waals surface area contributed by atoms with Gasteiger partial charge < -0.3 is 0 Å². The monoisotopic (exact) mass is 559 g/mol. The van der Waals surface area contributed by atoms with Gasteiger partial charge in [-0.05, 0) is 86.6 Å². The maximum absolute atomic E-state index is 5.25. The van der Waals surface area contributed by atoms with E-state index in [2.05, 4.69) is 161 Å². The smallest absolute Gasteiger partial charge is 0.220 e. The summed E-state index contributed by atoms with van der Waals surface area (Å²) in [5.74, 6) is 0.886. The van der Waals surface area contributed by atoms with Crippen LogP contribution < -0.4 is 4.90 Å². The molecule has 0 fully saturated rings. The summed E-state index contributed by atoms with van der Waals surface area (Å²) < 4.78 is 2.31. The van der Waals surface area contributed by atoms with Crippen molar-refractivity contribution in [3.05, 3.63) is 152 Å². The maximum Gasteiger partial charge on any atom is 0.220 e. The Morgan fingerprint density at radius 3 is 1.95 bits per heavy atom. The molecule has 10 rings (SSSR count). The van der Waals surface area contributed by atoms with Gasteiger partial charge in [0.2, 0.25) is 5.95 Å². The third kappa shape index (κ3) is 3.18. The van der Waals surface area contributed by atoms with Crippen LogP contribution in [0.4, 0.5) is 17.3 Å². The van der Waals surface area contributed by atoms with E-state index in [0.717, 1.165) is 34.0 Å². The number of nitrogens with zero attached hydrogens (tertiary/aromatic N) is 3. The van der Waals surface area contributed by atoms with Crippen LogP contribution in [0.2, 0.25) is 0 Å². The summed E-state index contributed by atoms with van der Waals surface area (Å²) >= 11 is 0. The van der Waals surface area contributed by atoms with Crippen molar-refractivity contribution < 1.29 is 0 Å². The highest BCUT2D eigenvalue weighted by atomic mass is 15.3. The molecule has 0 N–H and O–H groups in total. The Bertz CT molecular complexity index is 2460. The molecule has 204 valence electrons. The third-order valence-electron chi connectivity index (χ3n) is 9.27. The number of anilines is 3. The minimum absolute atomic E-state index is 0.886. The number of hydrogen-bond donors (Lipinski definition) is 0. The van der Waals surface area contributed by atoms with E-state index in [1.54, 1.807) is 0 Å². The molecular weight excluding hydrogens is 534 g/mol. The van der Waals surface area contributed by atoms with Crippen LogP contribution in [0.5, 0.6) is 0 Å². The third-order valence-corrected chi connectivity index (χ3v) is 9.27. The van der Waals surface area contributed by atoms with E-state index in [4.69, 9.17) is 4.98 Å². The summed E-state index contributed by atoms with van der Waals surface area (Å²) in [5, 5.41) is 2.65. The average Bonchev–Trinajstić information content (AvgIpc) is 3.58. The van der Waals surface area contributed by atoms with Gasteiger partial charge in [0, 0.05) is 16.8 Å². The Hall–Kier alpha value is -5.93. The van der Waals surface area contributed by atoms with Gasteiger partial charge in [0.15, 0.2) is 0 Å². The first-order chi connectivity index (χ1) is 21.8. The Morgan fingerprint density at radius 2 is 1.09 bits per heavy atom. The fourth-order valence-electron chi connectivity index (χ4n) is 7.35. The van der Waals surface area contributed by atoms with Crippen molar-refractivity contribution >= 4 is 39.1 Å². The van der Waals surface area contributed by atoms with Gasteiger partial charge >= 0.3 is 0 Å². The van der Waals surface area contributed by atoms with Gasteiger partial charge in [-0.1, -0.05) is 109 Å². The zero-order valence-electron chi connectivity index (χ0n) is 23.8. The van der Waals surface area contributed by atoms with Gasteiger partial charge in [0.1, 0.15) is 0 Å². The van der Waals surface area contributed by atoms with E-state index in [0.29, 0.717) is 0 Å². The average molecular weight is 560 g/mol. The van der Waals surface area contributed by atoms with Crippen molar-refractivity contribution in [1.82, 2.24) is 9.55 Å². The molecule has 3 heteroatoms. The van der Waals surface area contributed by atoms with Crippen LogP contribution in [0, 0.1) is 0 Å². The summed E-state index contributed by atoms with van der Waals surface area (Å²) in [7, 11) is 0. The molecule has 0 bridgehead atoms.